The summed E-state index contributed by atoms with van der Waals surface area (Å²) in [7, 11) is -7.17. The van der Waals surface area contributed by atoms with Crippen molar-refractivity contribution in [2.75, 3.05) is 28.2 Å². The zero-order valence-electron chi connectivity index (χ0n) is 10.1. The number of nitriles is 1. The largest absolute Gasteiger partial charge is 0.397 e. The first kappa shape index (κ1) is 15.3. The molecule has 0 aromatic heterocycles. The highest BCUT2D eigenvalue weighted by atomic mass is 32.2. The second kappa shape index (κ2) is 5.46. The average molecular weight is 303 g/mol. The summed E-state index contributed by atoms with van der Waals surface area (Å²) in [6.07, 6.45) is 0.957. The minimum absolute atomic E-state index is 0.0991. The van der Waals surface area contributed by atoms with Crippen molar-refractivity contribution in [3.8, 4) is 6.07 Å². The van der Waals surface area contributed by atoms with Crippen molar-refractivity contribution in [2.24, 2.45) is 0 Å². The van der Waals surface area contributed by atoms with Crippen molar-refractivity contribution < 1.29 is 16.8 Å². The number of nitrogens with two attached hydrogens (primary N) is 1. The van der Waals surface area contributed by atoms with Crippen molar-refractivity contribution >= 4 is 31.2 Å². The standard InChI is InChI=1S/C10H13N3O4S2/c1-18(14,15)4-5-19(16,17)13-10-3-2-8(7-11)6-9(10)12/h2-3,6,13H,4-5,12H2,1H3. The molecule has 0 heterocycles. The summed E-state index contributed by atoms with van der Waals surface area (Å²) >= 11 is 0. The Labute approximate surface area is 112 Å². The summed E-state index contributed by atoms with van der Waals surface area (Å²) in [6, 6.07) is 5.95. The fourth-order valence-corrected chi connectivity index (χ4v) is 3.92. The van der Waals surface area contributed by atoms with Gasteiger partial charge in [-0.3, -0.25) is 4.72 Å². The van der Waals surface area contributed by atoms with Gasteiger partial charge in [-0.25, -0.2) is 16.8 Å². The predicted molar refractivity (Wildman–Crippen MR) is 72.7 cm³/mol. The lowest BCUT2D eigenvalue weighted by molar-refractivity contribution is 0.593. The van der Waals surface area contributed by atoms with Crippen LogP contribution in [0.5, 0.6) is 0 Å². The third-order valence-corrected chi connectivity index (χ3v) is 4.65. The number of anilines is 2. The fourth-order valence-electron chi connectivity index (χ4n) is 1.20. The van der Waals surface area contributed by atoms with Crippen molar-refractivity contribution in [1.82, 2.24) is 0 Å². The van der Waals surface area contributed by atoms with Crippen LogP contribution in [-0.4, -0.2) is 34.6 Å². The van der Waals surface area contributed by atoms with Crippen LogP contribution in [0.15, 0.2) is 18.2 Å². The molecular formula is C10H13N3O4S2. The van der Waals surface area contributed by atoms with Crippen LogP contribution in [0, 0.1) is 11.3 Å². The average Bonchev–Trinajstić information content (AvgIpc) is 2.28. The normalized spacial score (nSPS) is 11.8. The summed E-state index contributed by atoms with van der Waals surface area (Å²) in [4.78, 5) is 0. The van der Waals surface area contributed by atoms with Crippen LogP contribution in [0.1, 0.15) is 5.56 Å². The molecule has 0 saturated carbocycles. The van der Waals surface area contributed by atoms with Crippen LogP contribution in [0.25, 0.3) is 0 Å². The number of sulfonamides is 1. The first-order chi connectivity index (χ1) is 8.63. The van der Waals surface area contributed by atoms with Gasteiger partial charge in [-0.1, -0.05) is 0 Å². The van der Waals surface area contributed by atoms with Gasteiger partial charge >= 0.3 is 0 Å². The van der Waals surface area contributed by atoms with Gasteiger partial charge in [0.15, 0.2) is 0 Å². The second-order valence-electron chi connectivity index (χ2n) is 3.96. The minimum Gasteiger partial charge on any atom is -0.397 e. The van der Waals surface area contributed by atoms with E-state index in [-0.39, 0.29) is 11.4 Å². The molecule has 0 fully saturated rings. The fraction of sp³-hybridized carbons (Fsp3) is 0.300. The van der Waals surface area contributed by atoms with Gasteiger partial charge in [0.25, 0.3) is 0 Å². The van der Waals surface area contributed by atoms with Crippen LogP contribution in [0.4, 0.5) is 11.4 Å². The Morgan fingerprint density at radius 2 is 1.89 bits per heavy atom. The lowest BCUT2D eigenvalue weighted by atomic mass is 10.2. The summed E-state index contributed by atoms with van der Waals surface area (Å²) in [5, 5.41) is 8.65. The first-order valence-corrected chi connectivity index (χ1v) is 8.82. The molecule has 19 heavy (non-hydrogen) atoms. The molecule has 0 saturated heterocycles. The van der Waals surface area contributed by atoms with Gasteiger partial charge in [-0.2, -0.15) is 5.26 Å². The molecule has 1 aromatic rings. The van der Waals surface area contributed by atoms with Crippen molar-refractivity contribution in [3.05, 3.63) is 23.8 Å². The molecule has 1 aromatic carbocycles. The molecule has 1 rings (SSSR count). The van der Waals surface area contributed by atoms with Crippen molar-refractivity contribution in [2.45, 2.75) is 0 Å². The van der Waals surface area contributed by atoms with E-state index in [4.69, 9.17) is 11.0 Å². The summed E-state index contributed by atoms with van der Waals surface area (Å²) in [6.45, 7) is 0. The van der Waals surface area contributed by atoms with Gasteiger partial charge in [-0.15, -0.1) is 0 Å². The molecule has 7 nitrogen and oxygen atoms in total. The number of hydrogen-bond acceptors (Lipinski definition) is 6. The molecular weight excluding hydrogens is 290 g/mol. The number of nitrogen functional groups attached to an aromatic ring is 1. The van der Waals surface area contributed by atoms with Gasteiger partial charge < -0.3 is 5.73 Å². The molecule has 0 radical (unpaired) electrons. The molecule has 0 aliphatic carbocycles. The molecule has 0 spiro atoms. The van der Waals surface area contributed by atoms with Gasteiger partial charge in [0.1, 0.15) is 9.84 Å². The van der Waals surface area contributed by atoms with E-state index in [2.05, 4.69) is 4.72 Å². The maximum Gasteiger partial charge on any atom is 0.233 e. The zero-order chi connectivity index (χ0) is 14.7. The van der Waals surface area contributed by atoms with E-state index in [9.17, 15) is 16.8 Å². The Morgan fingerprint density at radius 1 is 1.26 bits per heavy atom. The van der Waals surface area contributed by atoms with Crippen LogP contribution in [0.2, 0.25) is 0 Å². The molecule has 0 unspecified atom stereocenters. The third kappa shape index (κ3) is 5.15. The van der Waals surface area contributed by atoms with Crippen LogP contribution in [0.3, 0.4) is 0 Å². The Balaban J connectivity index is 2.88. The lowest BCUT2D eigenvalue weighted by Gasteiger charge is -2.10. The van der Waals surface area contributed by atoms with Crippen molar-refractivity contribution in [3.63, 3.8) is 0 Å². The lowest BCUT2D eigenvalue weighted by Crippen LogP contribution is -2.22. The Morgan fingerprint density at radius 3 is 2.37 bits per heavy atom. The van der Waals surface area contributed by atoms with E-state index in [1.165, 1.54) is 18.2 Å². The van der Waals surface area contributed by atoms with Crippen LogP contribution < -0.4 is 10.5 Å². The molecule has 0 aliphatic rings. The van der Waals surface area contributed by atoms with E-state index < -0.39 is 31.4 Å². The summed E-state index contributed by atoms with van der Waals surface area (Å²) in [5.41, 5.74) is 6.11. The number of hydrogen-bond donors (Lipinski definition) is 2. The minimum atomic E-state index is -3.80. The Kier molecular flexibility index (Phi) is 4.39. The first-order valence-electron chi connectivity index (χ1n) is 5.11. The topological polar surface area (TPSA) is 130 Å². The van der Waals surface area contributed by atoms with Gasteiger partial charge in [-0.05, 0) is 18.2 Å². The van der Waals surface area contributed by atoms with E-state index in [0.29, 0.717) is 5.56 Å². The third-order valence-electron chi connectivity index (χ3n) is 2.17. The SMILES string of the molecule is CS(=O)(=O)CCS(=O)(=O)Nc1ccc(C#N)cc1N. The molecule has 0 bridgehead atoms. The zero-order valence-corrected chi connectivity index (χ0v) is 11.8. The number of benzene rings is 1. The highest BCUT2D eigenvalue weighted by Gasteiger charge is 2.15. The van der Waals surface area contributed by atoms with Gasteiger partial charge in [0.05, 0.1) is 34.5 Å². The van der Waals surface area contributed by atoms with E-state index in [1.807, 2.05) is 6.07 Å². The molecule has 104 valence electrons. The maximum absolute atomic E-state index is 11.7. The monoisotopic (exact) mass is 303 g/mol. The maximum atomic E-state index is 11.7. The Bertz CT molecular complexity index is 718. The van der Waals surface area contributed by atoms with Crippen LogP contribution >= 0.6 is 0 Å². The van der Waals surface area contributed by atoms with Crippen molar-refractivity contribution in [1.29, 1.82) is 5.26 Å². The smallest absolute Gasteiger partial charge is 0.233 e. The second-order valence-corrected chi connectivity index (χ2v) is 8.07. The highest BCUT2D eigenvalue weighted by Crippen LogP contribution is 2.20. The Hall–Kier alpha value is -1.79. The molecule has 0 aliphatic heterocycles. The molecule has 9 heteroatoms. The molecule has 0 amide bonds. The van der Waals surface area contributed by atoms with E-state index in [0.717, 1.165) is 6.26 Å². The number of nitrogens with one attached hydrogen (secondary N) is 1. The number of sulfone groups is 1. The summed E-state index contributed by atoms with van der Waals surface area (Å²) in [5.74, 6) is -1.02. The summed E-state index contributed by atoms with van der Waals surface area (Å²) < 4.78 is 47.4. The molecule has 0 atom stereocenters. The van der Waals surface area contributed by atoms with E-state index >= 15 is 0 Å². The van der Waals surface area contributed by atoms with Crippen LogP contribution in [-0.2, 0) is 19.9 Å². The number of nitrogens with zero attached hydrogens (tertiary/aromatic N) is 1. The van der Waals surface area contributed by atoms with E-state index in [1.54, 1.807) is 0 Å². The number of rotatable bonds is 5. The van der Waals surface area contributed by atoms with Gasteiger partial charge in [0.2, 0.25) is 10.0 Å². The quantitative estimate of drug-likeness (QED) is 0.732. The molecule has 3 N–H and O–H groups in total. The van der Waals surface area contributed by atoms with Gasteiger partial charge in [0, 0.05) is 6.26 Å². The highest BCUT2D eigenvalue weighted by molar-refractivity contribution is 7.95. The predicted octanol–water partition coefficient (Wildman–Crippen LogP) is -0.0732.